The van der Waals surface area contributed by atoms with Gasteiger partial charge < -0.3 is 10.1 Å². The average molecular weight is 215 g/mol. The molecule has 0 atom stereocenters. The third-order valence-electron chi connectivity index (χ3n) is 3.32. The molecule has 2 heterocycles. The van der Waals surface area contributed by atoms with E-state index in [9.17, 15) is 0 Å². The van der Waals surface area contributed by atoms with E-state index in [2.05, 4.69) is 49.5 Å². The Morgan fingerprint density at radius 1 is 1.31 bits per heavy atom. The maximum atomic E-state index is 5.24. The molecular formula is C14H17NO. The summed E-state index contributed by atoms with van der Waals surface area (Å²) in [5, 5.41) is 3.55. The molecular weight excluding hydrogens is 198 g/mol. The van der Waals surface area contributed by atoms with Crippen LogP contribution in [0.3, 0.4) is 0 Å². The number of hydrogen-bond acceptors (Lipinski definition) is 2. The largest absolute Gasteiger partial charge is 0.380 e. The molecule has 2 aliphatic rings. The quantitative estimate of drug-likeness (QED) is 0.777. The molecule has 2 aliphatic heterocycles. The van der Waals surface area contributed by atoms with E-state index in [0.29, 0.717) is 5.92 Å². The van der Waals surface area contributed by atoms with Crippen molar-refractivity contribution in [2.24, 2.45) is 0 Å². The summed E-state index contributed by atoms with van der Waals surface area (Å²) in [5.41, 5.74) is 3.98. The lowest BCUT2D eigenvalue weighted by Gasteiger charge is -2.31. The molecule has 0 saturated carbocycles. The van der Waals surface area contributed by atoms with Crippen LogP contribution in [-0.4, -0.2) is 18.8 Å². The van der Waals surface area contributed by atoms with E-state index in [4.69, 9.17) is 4.74 Å². The molecule has 0 aliphatic carbocycles. The van der Waals surface area contributed by atoms with Gasteiger partial charge in [0.2, 0.25) is 0 Å². The van der Waals surface area contributed by atoms with Gasteiger partial charge in [-0.25, -0.2) is 0 Å². The highest BCUT2D eigenvalue weighted by Gasteiger charge is 2.23. The van der Waals surface area contributed by atoms with Crippen molar-refractivity contribution in [3.63, 3.8) is 0 Å². The normalized spacial score (nSPS) is 22.1. The maximum absolute atomic E-state index is 5.24. The number of fused-ring (bicyclic) bond motifs is 1. The van der Waals surface area contributed by atoms with Gasteiger partial charge in [0.25, 0.3) is 0 Å². The first-order valence-electron chi connectivity index (χ1n) is 5.83. The summed E-state index contributed by atoms with van der Waals surface area (Å²) in [5.74, 6) is 0.598. The molecule has 1 N–H and O–H groups in total. The molecule has 0 bridgehead atoms. The fourth-order valence-electron chi connectivity index (χ4n) is 2.20. The van der Waals surface area contributed by atoms with Crippen LogP contribution in [-0.2, 0) is 4.74 Å². The molecule has 16 heavy (non-hydrogen) atoms. The first-order valence-corrected chi connectivity index (χ1v) is 5.83. The monoisotopic (exact) mass is 215 g/mol. The second-order valence-electron chi connectivity index (χ2n) is 5.26. The van der Waals surface area contributed by atoms with Crippen LogP contribution in [0.2, 0.25) is 0 Å². The molecule has 84 valence electrons. The molecule has 1 saturated heterocycles. The Kier molecular flexibility index (Phi) is 2.08. The van der Waals surface area contributed by atoms with Gasteiger partial charge in [0.05, 0.1) is 18.8 Å². The predicted molar refractivity (Wildman–Crippen MR) is 66.7 cm³/mol. The molecule has 0 spiro atoms. The van der Waals surface area contributed by atoms with Gasteiger partial charge in [0, 0.05) is 11.6 Å². The van der Waals surface area contributed by atoms with Crippen molar-refractivity contribution in [3.8, 4) is 0 Å². The standard InChI is InChI=1S/C14H17NO/c1-14(2)6-5-10-3-4-11(7-13(10)15-14)12-8-16-9-12/h3-7,12,15H,8-9H2,1-2H3. The number of benzene rings is 1. The minimum Gasteiger partial charge on any atom is -0.380 e. The summed E-state index contributed by atoms with van der Waals surface area (Å²) in [6.07, 6.45) is 4.41. The Balaban J connectivity index is 1.95. The number of ether oxygens (including phenoxy) is 1. The van der Waals surface area contributed by atoms with Crippen molar-refractivity contribution in [2.45, 2.75) is 25.3 Å². The van der Waals surface area contributed by atoms with Crippen LogP contribution < -0.4 is 5.32 Å². The number of rotatable bonds is 1. The maximum Gasteiger partial charge on any atom is 0.0557 e. The molecule has 1 fully saturated rings. The third kappa shape index (κ3) is 1.63. The van der Waals surface area contributed by atoms with Gasteiger partial charge in [0.15, 0.2) is 0 Å². The van der Waals surface area contributed by atoms with Gasteiger partial charge >= 0.3 is 0 Å². The second kappa shape index (κ2) is 3.36. The van der Waals surface area contributed by atoms with Gasteiger partial charge in [-0.2, -0.15) is 0 Å². The van der Waals surface area contributed by atoms with Crippen molar-refractivity contribution in [2.75, 3.05) is 18.5 Å². The van der Waals surface area contributed by atoms with E-state index in [1.165, 1.54) is 16.8 Å². The summed E-state index contributed by atoms with van der Waals surface area (Å²) >= 11 is 0. The van der Waals surface area contributed by atoms with Crippen LogP contribution in [0, 0.1) is 0 Å². The van der Waals surface area contributed by atoms with Gasteiger partial charge in [-0.15, -0.1) is 0 Å². The van der Waals surface area contributed by atoms with Crippen LogP contribution in [0.5, 0.6) is 0 Å². The van der Waals surface area contributed by atoms with Crippen molar-refractivity contribution >= 4 is 11.8 Å². The third-order valence-corrected chi connectivity index (χ3v) is 3.32. The minimum absolute atomic E-state index is 0.0573. The fourth-order valence-corrected chi connectivity index (χ4v) is 2.20. The Labute approximate surface area is 96.3 Å². The fraction of sp³-hybridized carbons (Fsp3) is 0.429. The lowest BCUT2D eigenvalue weighted by Crippen LogP contribution is -2.31. The van der Waals surface area contributed by atoms with E-state index in [-0.39, 0.29) is 5.54 Å². The highest BCUT2D eigenvalue weighted by molar-refractivity contribution is 5.72. The van der Waals surface area contributed by atoms with Gasteiger partial charge in [-0.05, 0) is 31.0 Å². The summed E-state index contributed by atoms with van der Waals surface area (Å²) in [6.45, 7) is 6.12. The van der Waals surface area contributed by atoms with E-state index in [1.807, 2.05) is 0 Å². The molecule has 1 aromatic carbocycles. The SMILES string of the molecule is CC1(C)C=Cc2ccc(C3COC3)cc2N1. The first-order chi connectivity index (χ1) is 7.64. The summed E-state index contributed by atoms with van der Waals surface area (Å²) < 4.78 is 5.24. The molecule has 2 nitrogen and oxygen atoms in total. The van der Waals surface area contributed by atoms with Gasteiger partial charge in [-0.1, -0.05) is 24.3 Å². The molecule has 0 amide bonds. The molecule has 0 aromatic heterocycles. The van der Waals surface area contributed by atoms with Crippen molar-refractivity contribution in [1.82, 2.24) is 0 Å². The van der Waals surface area contributed by atoms with Crippen molar-refractivity contribution in [3.05, 3.63) is 35.4 Å². The Morgan fingerprint density at radius 3 is 2.81 bits per heavy atom. The molecule has 2 heteroatoms. The average Bonchev–Trinajstić information content (AvgIpc) is 2.13. The summed E-state index contributed by atoms with van der Waals surface area (Å²) in [7, 11) is 0. The Bertz CT molecular complexity index is 444. The van der Waals surface area contributed by atoms with Crippen molar-refractivity contribution in [1.29, 1.82) is 0 Å². The topological polar surface area (TPSA) is 21.3 Å². The van der Waals surface area contributed by atoms with Crippen LogP contribution in [0.25, 0.3) is 6.08 Å². The van der Waals surface area contributed by atoms with Gasteiger partial charge in [-0.3, -0.25) is 0 Å². The zero-order valence-electron chi connectivity index (χ0n) is 9.79. The lowest BCUT2D eigenvalue weighted by atomic mass is 9.92. The predicted octanol–water partition coefficient (Wildman–Crippen LogP) is 3.02. The summed E-state index contributed by atoms with van der Waals surface area (Å²) in [6, 6.07) is 6.69. The van der Waals surface area contributed by atoms with E-state index in [0.717, 1.165) is 13.2 Å². The van der Waals surface area contributed by atoms with Crippen LogP contribution in [0.1, 0.15) is 30.9 Å². The van der Waals surface area contributed by atoms with E-state index >= 15 is 0 Å². The van der Waals surface area contributed by atoms with E-state index < -0.39 is 0 Å². The van der Waals surface area contributed by atoms with Crippen molar-refractivity contribution < 1.29 is 4.74 Å². The number of anilines is 1. The first kappa shape index (κ1) is 9.91. The highest BCUT2D eigenvalue weighted by Crippen LogP contribution is 2.32. The molecule has 3 rings (SSSR count). The molecule has 0 unspecified atom stereocenters. The highest BCUT2D eigenvalue weighted by atomic mass is 16.5. The zero-order chi connectivity index (χ0) is 11.2. The van der Waals surface area contributed by atoms with Crippen LogP contribution in [0.4, 0.5) is 5.69 Å². The Morgan fingerprint density at radius 2 is 2.12 bits per heavy atom. The number of nitrogens with one attached hydrogen (secondary N) is 1. The van der Waals surface area contributed by atoms with E-state index in [1.54, 1.807) is 0 Å². The summed E-state index contributed by atoms with van der Waals surface area (Å²) in [4.78, 5) is 0. The van der Waals surface area contributed by atoms with Gasteiger partial charge in [0.1, 0.15) is 0 Å². The molecule has 0 radical (unpaired) electrons. The lowest BCUT2D eigenvalue weighted by molar-refractivity contribution is 0.00844. The smallest absolute Gasteiger partial charge is 0.0557 e. The van der Waals surface area contributed by atoms with Crippen LogP contribution >= 0.6 is 0 Å². The van der Waals surface area contributed by atoms with Crippen LogP contribution in [0.15, 0.2) is 24.3 Å². The Hall–Kier alpha value is -1.28. The number of hydrogen-bond donors (Lipinski definition) is 1. The second-order valence-corrected chi connectivity index (χ2v) is 5.26. The minimum atomic E-state index is 0.0573. The molecule has 1 aromatic rings. The zero-order valence-corrected chi connectivity index (χ0v) is 9.79.